The summed E-state index contributed by atoms with van der Waals surface area (Å²) in [5.74, 6) is 0.855. The van der Waals surface area contributed by atoms with Crippen molar-refractivity contribution in [3.05, 3.63) is 95.6 Å². The van der Waals surface area contributed by atoms with Crippen LogP contribution in [0.4, 0.5) is 5.69 Å². The molecule has 3 aromatic rings. The van der Waals surface area contributed by atoms with Crippen molar-refractivity contribution in [3.63, 3.8) is 0 Å². The van der Waals surface area contributed by atoms with E-state index < -0.39 is 0 Å². The van der Waals surface area contributed by atoms with E-state index in [4.69, 9.17) is 4.74 Å². The Morgan fingerprint density at radius 1 is 0.870 bits per heavy atom. The van der Waals surface area contributed by atoms with E-state index in [0.717, 1.165) is 22.6 Å². The molecule has 23 heavy (non-hydrogen) atoms. The van der Waals surface area contributed by atoms with Gasteiger partial charge in [0.2, 0.25) is 0 Å². The zero-order valence-electron chi connectivity index (χ0n) is 13.1. The van der Waals surface area contributed by atoms with Crippen molar-refractivity contribution >= 4 is 11.9 Å². The topological polar surface area (TPSA) is 21.6 Å². The molecule has 114 valence electrons. The Labute approximate surface area is 137 Å². The summed E-state index contributed by atoms with van der Waals surface area (Å²) in [6.07, 6.45) is 1.86. The van der Waals surface area contributed by atoms with Crippen molar-refractivity contribution in [2.45, 2.75) is 13.5 Å². The highest BCUT2D eigenvalue weighted by Gasteiger charge is 2.03. The van der Waals surface area contributed by atoms with Crippen LogP contribution in [0.25, 0.3) is 0 Å². The number of benzene rings is 3. The Balaban J connectivity index is 1.79. The maximum atomic E-state index is 6.00. The van der Waals surface area contributed by atoms with Crippen molar-refractivity contribution < 1.29 is 4.74 Å². The number of ether oxygens (including phenoxy) is 1. The summed E-state index contributed by atoms with van der Waals surface area (Å²) in [6, 6.07) is 26.3. The Morgan fingerprint density at radius 2 is 1.57 bits per heavy atom. The molecule has 0 saturated carbocycles. The van der Waals surface area contributed by atoms with Crippen LogP contribution < -0.4 is 4.74 Å². The zero-order valence-corrected chi connectivity index (χ0v) is 13.1. The van der Waals surface area contributed by atoms with Gasteiger partial charge >= 0.3 is 0 Å². The van der Waals surface area contributed by atoms with Crippen LogP contribution in [0, 0.1) is 6.92 Å². The van der Waals surface area contributed by atoms with E-state index in [1.807, 2.05) is 60.8 Å². The second kappa shape index (κ2) is 7.41. The first-order valence-corrected chi connectivity index (χ1v) is 7.68. The molecule has 0 amide bonds. The molecule has 0 spiro atoms. The summed E-state index contributed by atoms with van der Waals surface area (Å²) >= 11 is 0. The lowest BCUT2D eigenvalue weighted by Gasteiger charge is -2.10. The van der Waals surface area contributed by atoms with Crippen molar-refractivity contribution in [1.82, 2.24) is 0 Å². The number of para-hydroxylation sites is 1. The molecule has 0 unspecified atom stereocenters. The smallest absolute Gasteiger partial charge is 0.128 e. The third-order valence-corrected chi connectivity index (χ3v) is 3.52. The third-order valence-electron chi connectivity index (χ3n) is 3.52. The van der Waals surface area contributed by atoms with Gasteiger partial charge in [0.15, 0.2) is 0 Å². The fourth-order valence-electron chi connectivity index (χ4n) is 2.27. The quantitative estimate of drug-likeness (QED) is 0.584. The number of rotatable bonds is 5. The van der Waals surface area contributed by atoms with Crippen LogP contribution in [0.15, 0.2) is 83.9 Å². The van der Waals surface area contributed by atoms with Crippen LogP contribution in [0.1, 0.15) is 16.7 Å². The van der Waals surface area contributed by atoms with Gasteiger partial charge in [-0.2, -0.15) is 0 Å². The predicted octanol–water partition coefficient (Wildman–Crippen LogP) is 5.32. The SMILES string of the molecule is Cc1ccc(C=Nc2ccccc2)c(OCc2ccccc2)c1. The Kier molecular flexibility index (Phi) is 4.85. The molecule has 0 aliphatic carbocycles. The molecular weight excluding hydrogens is 282 g/mol. The molecule has 0 radical (unpaired) electrons. The fraction of sp³-hybridized carbons (Fsp3) is 0.0952. The van der Waals surface area contributed by atoms with Gasteiger partial charge in [0.1, 0.15) is 12.4 Å². The van der Waals surface area contributed by atoms with Crippen molar-refractivity contribution in [1.29, 1.82) is 0 Å². The summed E-state index contributed by atoms with van der Waals surface area (Å²) in [6.45, 7) is 2.62. The molecule has 0 fully saturated rings. The van der Waals surface area contributed by atoms with Gasteiger partial charge in [-0.1, -0.05) is 54.6 Å². The summed E-state index contributed by atoms with van der Waals surface area (Å²) in [4.78, 5) is 4.52. The van der Waals surface area contributed by atoms with Crippen LogP contribution in [-0.4, -0.2) is 6.21 Å². The van der Waals surface area contributed by atoms with Gasteiger partial charge in [0, 0.05) is 11.8 Å². The van der Waals surface area contributed by atoms with Gasteiger partial charge in [-0.25, -0.2) is 0 Å². The summed E-state index contributed by atoms with van der Waals surface area (Å²) < 4.78 is 6.00. The Morgan fingerprint density at radius 3 is 2.30 bits per heavy atom. The van der Waals surface area contributed by atoms with E-state index in [0.29, 0.717) is 6.61 Å². The summed E-state index contributed by atoms with van der Waals surface area (Å²) in [7, 11) is 0. The molecule has 0 bridgehead atoms. The molecule has 0 N–H and O–H groups in total. The van der Waals surface area contributed by atoms with E-state index in [1.165, 1.54) is 5.56 Å². The van der Waals surface area contributed by atoms with Crippen LogP contribution in [0.5, 0.6) is 5.75 Å². The zero-order chi connectivity index (χ0) is 15.9. The molecule has 0 atom stereocenters. The number of aliphatic imine (C=N–C) groups is 1. The number of hydrogen-bond donors (Lipinski definition) is 0. The minimum absolute atomic E-state index is 0.552. The van der Waals surface area contributed by atoms with Gasteiger partial charge in [0.25, 0.3) is 0 Å². The molecule has 0 aromatic heterocycles. The van der Waals surface area contributed by atoms with Gasteiger partial charge in [-0.3, -0.25) is 4.99 Å². The number of nitrogens with zero attached hydrogens (tertiary/aromatic N) is 1. The summed E-state index contributed by atoms with van der Waals surface area (Å²) in [5.41, 5.74) is 4.24. The third kappa shape index (κ3) is 4.30. The molecule has 2 nitrogen and oxygen atoms in total. The molecule has 0 heterocycles. The van der Waals surface area contributed by atoms with Crippen LogP contribution in [0.2, 0.25) is 0 Å². The van der Waals surface area contributed by atoms with Gasteiger partial charge in [0.05, 0.1) is 5.69 Å². The van der Waals surface area contributed by atoms with Gasteiger partial charge < -0.3 is 4.74 Å². The highest BCUT2D eigenvalue weighted by Crippen LogP contribution is 2.21. The lowest BCUT2D eigenvalue weighted by atomic mass is 10.1. The maximum absolute atomic E-state index is 6.00. The Hall–Kier alpha value is -2.87. The van der Waals surface area contributed by atoms with E-state index in [9.17, 15) is 0 Å². The Bertz CT molecular complexity index is 779. The van der Waals surface area contributed by atoms with E-state index in [2.05, 4.69) is 36.2 Å². The minimum Gasteiger partial charge on any atom is -0.488 e. The molecule has 3 rings (SSSR count). The lowest BCUT2D eigenvalue weighted by molar-refractivity contribution is 0.305. The molecule has 2 heteroatoms. The average Bonchev–Trinajstić information content (AvgIpc) is 2.61. The number of aryl methyl sites for hydroxylation is 1. The van der Waals surface area contributed by atoms with Crippen molar-refractivity contribution in [2.24, 2.45) is 4.99 Å². The van der Waals surface area contributed by atoms with Crippen molar-refractivity contribution in [2.75, 3.05) is 0 Å². The second-order valence-corrected chi connectivity index (χ2v) is 5.41. The van der Waals surface area contributed by atoms with E-state index >= 15 is 0 Å². The highest BCUT2D eigenvalue weighted by atomic mass is 16.5. The standard InChI is InChI=1S/C21H19NO/c1-17-12-13-19(15-22-20-10-6-3-7-11-20)21(14-17)23-16-18-8-4-2-5-9-18/h2-15H,16H2,1H3. The molecule has 0 saturated heterocycles. The van der Waals surface area contributed by atoms with Crippen LogP contribution in [-0.2, 0) is 6.61 Å². The number of hydrogen-bond acceptors (Lipinski definition) is 2. The molecule has 3 aromatic carbocycles. The first-order chi connectivity index (χ1) is 11.3. The molecule has 0 aliphatic heterocycles. The maximum Gasteiger partial charge on any atom is 0.128 e. The highest BCUT2D eigenvalue weighted by molar-refractivity contribution is 5.85. The minimum atomic E-state index is 0.552. The van der Waals surface area contributed by atoms with E-state index in [-0.39, 0.29) is 0 Å². The fourth-order valence-corrected chi connectivity index (χ4v) is 2.27. The first kappa shape index (κ1) is 15.0. The monoisotopic (exact) mass is 301 g/mol. The van der Waals surface area contributed by atoms with Gasteiger partial charge in [-0.15, -0.1) is 0 Å². The predicted molar refractivity (Wildman–Crippen MR) is 95.6 cm³/mol. The molecule has 0 aliphatic rings. The second-order valence-electron chi connectivity index (χ2n) is 5.41. The van der Waals surface area contributed by atoms with Crippen LogP contribution >= 0.6 is 0 Å². The van der Waals surface area contributed by atoms with E-state index in [1.54, 1.807) is 0 Å². The molecular formula is C21H19NO. The average molecular weight is 301 g/mol. The first-order valence-electron chi connectivity index (χ1n) is 7.68. The lowest BCUT2D eigenvalue weighted by Crippen LogP contribution is -1.98. The van der Waals surface area contributed by atoms with Gasteiger partial charge in [-0.05, 0) is 42.3 Å². The normalized spacial score (nSPS) is 10.8. The summed E-state index contributed by atoms with van der Waals surface area (Å²) in [5, 5.41) is 0. The van der Waals surface area contributed by atoms with Crippen LogP contribution in [0.3, 0.4) is 0 Å². The largest absolute Gasteiger partial charge is 0.488 e. The van der Waals surface area contributed by atoms with Crippen molar-refractivity contribution in [3.8, 4) is 5.75 Å².